The van der Waals surface area contributed by atoms with E-state index in [1.54, 1.807) is 12.1 Å². The van der Waals surface area contributed by atoms with E-state index >= 15 is 0 Å². The van der Waals surface area contributed by atoms with E-state index in [2.05, 4.69) is 25.8 Å². The van der Waals surface area contributed by atoms with Crippen LogP contribution in [-0.4, -0.2) is 4.98 Å². The van der Waals surface area contributed by atoms with Crippen molar-refractivity contribution in [1.29, 1.82) is 5.26 Å². The molecule has 0 aromatic carbocycles. The van der Waals surface area contributed by atoms with Crippen LogP contribution in [-0.2, 0) is 5.41 Å². The maximum absolute atomic E-state index is 8.68. The molecule has 2 nitrogen and oxygen atoms in total. The Bertz CT molecular complexity index is 358. The molecule has 0 bridgehead atoms. The molecule has 0 aliphatic carbocycles. The lowest BCUT2D eigenvalue weighted by Gasteiger charge is -2.18. The fourth-order valence-electron chi connectivity index (χ4n) is 0.987. The summed E-state index contributed by atoms with van der Waals surface area (Å²) in [5.41, 5.74) is 1.40. The molecule has 68 valence electrons. The highest BCUT2D eigenvalue weighted by molar-refractivity contribution is 6.29. The molecule has 0 radical (unpaired) electrons. The number of nitrogens with zero attached hydrogens (tertiary/aromatic N) is 2. The van der Waals surface area contributed by atoms with Crippen LogP contribution in [0.4, 0.5) is 0 Å². The highest BCUT2D eigenvalue weighted by Gasteiger charge is 2.15. The Labute approximate surface area is 83.2 Å². The molecule has 1 heterocycles. The summed E-state index contributed by atoms with van der Waals surface area (Å²) in [5.74, 6) is 0. The molecule has 3 heteroatoms. The zero-order chi connectivity index (χ0) is 10.1. The molecule has 0 unspecified atom stereocenters. The van der Waals surface area contributed by atoms with Gasteiger partial charge in [-0.05, 0) is 23.1 Å². The SMILES string of the molecule is CC(C)(C)c1cc(Cl)nc(C#N)c1. The van der Waals surface area contributed by atoms with E-state index in [-0.39, 0.29) is 5.41 Å². The Morgan fingerprint density at radius 2 is 2.00 bits per heavy atom. The first-order chi connectivity index (χ1) is 5.93. The molecule has 0 saturated heterocycles. The largest absolute Gasteiger partial charge is 0.225 e. The van der Waals surface area contributed by atoms with E-state index in [9.17, 15) is 0 Å². The van der Waals surface area contributed by atoms with Gasteiger partial charge in [0.2, 0.25) is 0 Å². The molecule has 1 aromatic heterocycles. The number of rotatable bonds is 0. The zero-order valence-corrected chi connectivity index (χ0v) is 8.68. The monoisotopic (exact) mass is 194 g/mol. The fourth-order valence-corrected chi connectivity index (χ4v) is 1.20. The standard InChI is InChI=1S/C10H11ClN2/c1-10(2,3)7-4-8(6-12)13-9(11)5-7/h4-5H,1-3H3. The predicted molar refractivity (Wildman–Crippen MR) is 52.7 cm³/mol. The maximum Gasteiger partial charge on any atom is 0.142 e. The topological polar surface area (TPSA) is 36.7 Å². The second-order valence-corrected chi connectivity index (χ2v) is 4.31. The van der Waals surface area contributed by atoms with Crippen LogP contribution in [0.25, 0.3) is 0 Å². The smallest absolute Gasteiger partial charge is 0.142 e. The van der Waals surface area contributed by atoms with Crippen molar-refractivity contribution in [2.45, 2.75) is 26.2 Å². The molecule has 0 saturated carbocycles. The number of nitriles is 1. The van der Waals surface area contributed by atoms with Crippen molar-refractivity contribution in [3.05, 3.63) is 28.5 Å². The van der Waals surface area contributed by atoms with Crippen LogP contribution < -0.4 is 0 Å². The van der Waals surface area contributed by atoms with Crippen molar-refractivity contribution < 1.29 is 0 Å². The van der Waals surface area contributed by atoms with Crippen LogP contribution >= 0.6 is 11.6 Å². The molecule has 0 aliphatic rings. The van der Waals surface area contributed by atoms with Crippen LogP contribution in [0.3, 0.4) is 0 Å². The normalized spacial score (nSPS) is 11.0. The first-order valence-electron chi connectivity index (χ1n) is 4.01. The summed E-state index contributed by atoms with van der Waals surface area (Å²) in [6.07, 6.45) is 0. The van der Waals surface area contributed by atoms with Crippen molar-refractivity contribution in [2.24, 2.45) is 0 Å². The van der Waals surface area contributed by atoms with E-state index in [0.29, 0.717) is 10.8 Å². The van der Waals surface area contributed by atoms with E-state index in [1.807, 2.05) is 6.07 Å². The zero-order valence-electron chi connectivity index (χ0n) is 7.93. The van der Waals surface area contributed by atoms with Crippen molar-refractivity contribution in [2.75, 3.05) is 0 Å². The third kappa shape index (κ3) is 2.43. The van der Waals surface area contributed by atoms with E-state index in [0.717, 1.165) is 5.56 Å². The quantitative estimate of drug-likeness (QED) is 0.596. The van der Waals surface area contributed by atoms with Gasteiger partial charge in [0, 0.05) is 0 Å². The molecular formula is C10H11ClN2. The van der Waals surface area contributed by atoms with Crippen molar-refractivity contribution in [1.82, 2.24) is 4.98 Å². The fraction of sp³-hybridized carbons (Fsp3) is 0.400. The van der Waals surface area contributed by atoms with E-state index in [1.165, 1.54) is 0 Å². The molecular weight excluding hydrogens is 184 g/mol. The van der Waals surface area contributed by atoms with Gasteiger partial charge in [0.1, 0.15) is 16.9 Å². The first kappa shape index (κ1) is 10.0. The van der Waals surface area contributed by atoms with Crippen molar-refractivity contribution in [3.63, 3.8) is 0 Å². The van der Waals surface area contributed by atoms with Gasteiger partial charge >= 0.3 is 0 Å². The number of halogens is 1. The van der Waals surface area contributed by atoms with Crippen LogP contribution in [0.1, 0.15) is 32.0 Å². The van der Waals surface area contributed by atoms with Gasteiger partial charge in [0.05, 0.1) is 0 Å². The van der Waals surface area contributed by atoms with Crippen LogP contribution in [0.2, 0.25) is 5.15 Å². The average molecular weight is 195 g/mol. The van der Waals surface area contributed by atoms with Gasteiger partial charge in [-0.1, -0.05) is 32.4 Å². The number of hydrogen-bond donors (Lipinski definition) is 0. The molecule has 0 fully saturated rings. The third-order valence-corrected chi connectivity index (χ3v) is 1.97. The van der Waals surface area contributed by atoms with Gasteiger partial charge in [-0.3, -0.25) is 0 Å². The number of hydrogen-bond acceptors (Lipinski definition) is 2. The lowest BCUT2D eigenvalue weighted by Crippen LogP contribution is -2.11. The number of aromatic nitrogens is 1. The molecule has 1 rings (SSSR count). The minimum absolute atomic E-state index is 0.00181. The van der Waals surface area contributed by atoms with Crippen molar-refractivity contribution >= 4 is 11.6 Å². The van der Waals surface area contributed by atoms with Gasteiger partial charge in [0.25, 0.3) is 0 Å². The van der Waals surface area contributed by atoms with Gasteiger partial charge in [-0.25, -0.2) is 4.98 Å². The maximum atomic E-state index is 8.68. The number of pyridine rings is 1. The third-order valence-electron chi connectivity index (χ3n) is 1.77. The highest BCUT2D eigenvalue weighted by Crippen LogP contribution is 2.24. The summed E-state index contributed by atoms with van der Waals surface area (Å²) >= 11 is 5.77. The summed E-state index contributed by atoms with van der Waals surface area (Å²) in [4.78, 5) is 3.87. The minimum atomic E-state index is -0.00181. The molecule has 0 amide bonds. The van der Waals surface area contributed by atoms with Crippen LogP contribution in [0.15, 0.2) is 12.1 Å². The van der Waals surface area contributed by atoms with E-state index in [4.69, 9.17) is 16.9 Å². The Morgan fingerprint density at radius 3 is 2.46 bits per heavy atom. The van der Waals surface area contributed by atoms with Gasteiger partial charge < -0.3 is 0 Å². The lowest BCUT2D eigenvalue weighted by molar-refractivity contribution is 0.589. The van der Waals surface area contributed by atoms with Crippen LogP contribution in [0, 0.1) is 11.3 Å². The Hall–Kier alpha value is -1.07. The second kappa shape index (κ2) is 3.35. The predicted octanol–water partition coefficient (Wildman–Crippen LogP) is 2.90. The second-order valence-electron chi connectivity index (χ2n) is 3.93. The summed E-state index contributed by atoms with van der Waals surface area (Å²) in [5, 5.41) is 9.06. The summed E-state index contributed by atoms with van der Waals surface area (Å²) < 4.78 is 0. The summed E-state index contributed by atoms with van der Waals surface area (Å²) in [6, 6.07) is 5.55. The average Bonchev–Trinajstić information content (AvgIpc) is 2.01. The molecule has 0 atom stereocenters. The minimum Gasteiger partial charge on any atom is -0.225 e. The molecule has 0 spiro atoms. The molecule has 13 heavy (non-hydrogen) atoms. The van der Waals surface area contributed by atoms with Gasteiger partial charge in [-0.2, -0.15) is 5.26 Å². The molecule has 1 aromatic rings. The van der Waals surface area contributed by atoms with Gasteiger partial charge in [-0.15, -0.1) is 0 Å². The van der Waals surface area contributed by atoms with E-state index < -0.39 is 0 Å². The Balaban J connectivity index is 3.26. The summed E-state index contributed by atoms with van der Waals surface area (Å²) in [6.45, 7) is 6.21. The summed E-state index contributed by atoms with van der Waals surface area (Å²) in [7, 11) is 0. The van der Waals surface area contributed by atoms with Crippen LogP contribution in [0.5, 0.6) is 0 Å². The van der Waals surface area contributed by atoms with Gasteiger partial charge in [0.15, 0.2) is 0 Å². The highest BCUT2D eigenvalue weighted by atomic mass is 35.5. The van der Waals surface area contributed by atoms with Crippen molar-refractivity contribution in [3.8, 4) is 6.07 Å². The molecule has 0 N–H and O–H groups in total. The lowest BCUT2D eigenvalue weighted by atomic mass is 9.87. The molecule has 0 aliphatic heterocycles. The Kier molecular flexibility index (Phi) is 2.58. The first-order valence-corrected chi connectivity index (χ1v) is 4.39. The Morgan fingerprint density at radius 1 is 1.38 bits per heavy atom.